The van der Waals surface area contributed by atoms with Crippen molar-refractivity contribution in [2.75, 3.05) is 7.11 Å². The molecule has 1 N–H and O–H groups in total. The minimum Gasteiger partial charge on any atom is -0.508 e. The van der Waals surface area contributed by atoms with Crippen LogP contribution in [0.2, 0.25) is 0 Å². The zero-order chi connectivity index (χ0) is 16.6. The normalized spacial score (nSPS) is 14.4. The molecule has 0 spiro atoms. The first kappa shape index (κ1) is 15.9. The van der Waals surface area contributed by atoms with E-state index in [2.05, 4.69) is 39.0 Å². The number of hydrogen-bond acceptors (Lipinski definition) is 2. The number of fused-ring (bicyclic) bond motifs is 4. The van der Waals surface area contributed by atoms with Gasteiger partial charge in [-0.2, -0.15) is 0 Å². The van der Waals surface area contributed by atoms with Gasteiger partial charge in [0.25, 0.3) is 0 Å². The van der Waals surface area contributed by atoms with Gasteiger partial charge in [0, 0.05) is 0 Å². The number of rotatable bonds is 1. The Morgan fingerprint density at radius 1 is 0.870 bits per heavy atom. The molecule has 0 aliphatic heterocycles. The summed E-state index contributed by atoms with van der Waals surface area (Å²) in [4.78, 5) is 0. The number of aromatic hydroxyl groups is 1. The molecule has 2 heteroatoms. The van der Waals surface area contributed by atoms with Crippen molar-refractivity contribution in [1.29, 1.82) is 0 Å². The van der Waals surface area contributed by atoms with Gasteiger partial charge in [0.2, 0.25) is 0 Å². The van der Waals surface area contributed by atoms with Crippen LogP contribution in [0.3, 0.4) is 0 Å². The highest BCUT2D eigenvalue weighted by atomic mass is 16.5. The molecule has 0 saturated carbocycles. The zero-order valence-electron chi connectivity index (χ0n) is 14.6. The highest BCUT2D eigenvalue weighted by Crippen LogP contribution is 2.35. The first-order chi connectivity index (χ1) is 10.9. The molecule has 0 heterocycles. The Labute approximate surface area is 139 Å². The van der Waals surface area contributed by atoms with Gasteiger partial charge in [0.05, 0.1) is 7.11 Å². The van der Waals surface area contributed by atoms with E-state index in [0.29, 0.717) is 5.75 Å². The maximum absolute atomic E-state index is 10.1. The molecule has 1 aliphatic rings. The van der Waals surface area contributed by atoms with Crippen molar-refractivity contribution in [2.45, 2.75) is 51.9 Å². The molecule has 4 bridgehead atoms. The molecule has 0 radical (unpaired) electrons. The van der Waals surface area contributed by atoms with Gasteiger partial charge in [0.15, 0.2) is 0 Å². The number of methoxy groups -OCH3 is 1. The summed E-state index contributed by atoms with van der Waals surface area (Å²) in [5.74, 6) is 1.43. The van der Waals surface area contributed by atoms with Crippen molar-refractivity contribution >= 4 is 0 Å². The minimum absolute atomic E-state index is 0.121. The van der Waals surface area contributed by atoms with Crippen LogP contribution in [0, 0.1) is 0 Å². The summed E-state index contributed by atoms with van der Waals surface area (Å²) in [6.07, 6.45) is 3.65. The Bertz CT molecular complexity index is 723. The Kier molecular flexibility index (Phi) is 4.09. The number of aryl methyl sites for hydroxylation is 4. The van der Waals surface area contributed by atoms with Crippen LogP contribution in [-0.2, 0) is 31.1 Å². The smallest absolute Gasteiger partial charge is 0.125 e. The maximum atomic E-state index is 10.1. The monoisotopic (exact) mass is 310 g/mol. The van der Waals surface area contributed by atoms with Crippen molar-refractivity contribution in [2.24, 2.45) is 0 Å². The van der Waals surface area contributed by atoms with Crippen molar-refractivity contribution in [3.63, 3.8) is 0 Å². The van der Waals surface area contributed by atoms with Gasteiger partial charge in [-0.1, -0.05) is 45.0 Å². The average molecular weight is 310 g/mol. The van der Waals surface area contributed by atoms with Gasteiger partial charge in [-0.3, -0.25) is 0 Å². The highest BCUT2D eigenvalue weighted by molar-refractivity contribution is 5.49. The molecular weight excluding hydrogens is 284 g/mol. The third kappa shape index (κ3) is 3.21. The summed E-state index contributed by atoms with van der Waals surface area (Å²) >= 11 is 0. The third-order valence-corrected chi connectivity index (χ3v) is 4.80. The molecule has 2 aromatic carbocycles. The summed E-state index contributed by atoms with van der Waals surface area (Å²) in [6, 6.07) is 10.6. The summed E-state index contributed by atoms with van der Waals surface area (Å²) in [7, 11) is 1.77. The fourth-order valence-corrected chi connectivity index (χ4v) is 3.36. The Hall–Kier alpha value is -1.96. The predicted molar refractivity (Wildman–Crippen MR) is 94.6 cm³/mol. The van der Waals surface area contributed by atoms with Crippen molar-refractivity contribution in [3.05, 3.63) is 58.1 Å². The van der Waals surface area contributed by atoms with Crippen LogP contribution in [0.25, 0.3) is 0 Å². The maximum Gasteiger partial charge on any atom is 0.125 e. The van der Waals surface area contributed by atoms with E-state index in [-0.39, 0.29) is 5.41 Å². The summed E-state index contributed by atoms with van der Waals surface area (Å²) < 4.78 is 5.75. The van der Waals surface area contributed by atoms with Crippen LogP contribution in [0.1, 0.15) is 48.6 Å². The lowest BCUT2D eigenvalue weighted by Crippen LogP contribution is -2.14. The molecule has 0 aromatic heterocycles. The lowest BCUT2D eigenvalue weighted by atomic mass is 9.82. The fourth-order valence-electron chi connectivity index (χ4n) is 3.36. The third-order valence-electron chi connectivity index (χ3n) is 4.80. The summed E-state index contributed by atoms with van der Waals surface area (Å²) in [5, 5.41) is 10.1. The van der Waals surface area contributed by atoms with E-state index in [4.69, 9.17) is 4.74 Å². The van der Waals surface area contributed by atoms with Gasteiger partial charge in [-0.25, -0.2) is 0 Å². The van der Waals surface area contributed by atoms with Crippen LogP contribution in [0.4, 0.5) is 0 Å². The lowest BCUT2D eigenvalue weighted by Gasteiger charge is -2.24. The van der Waals surface area contributed by atoms with E-state index >= 15 is 0 Å². The number of hydrogen-bond donors (Lipinski definition) is 1. The van der Waals surface area contributed by atoms with E-state index in [1.165, 1.54) is 22.3 Å². The van der Waals surface area contributed by atoms with Gasteiger partial charge in [-0.05, 0) is 65.0 Å². The molecule has 0 amide bonds. The second-order valence-corrected chi connectivity index (χ2v) is 7.54. The topological polar surface area (TPSA) is 29.5 Å². The standard InChI is InChI=1S/C21H26O2/c1-21(2,3)18-12-16-7-5-14-6-10-19(22)15(11-14)8-9-17(13-18)20(16)23-4/h6,10-13,22H,5,7-9H2,1-4H3. The lowest BCUT2D eigenvalue weighted by molar-refractivity contribution is 0.403. The first-order valence-electron chi connectivity index (χ1n) is 8.39. The van der Waals surface area contributed by atoms with Crippen molar-refractivity contribution in [1.82, 2.24) is 0 Å². The fraction of sp³-hybridized carbons (Fsp3) is 0.429. The molecule has 122 valence electrons. The Morgan fingerprint density at radius 2 is 1.48 bits per heavy atom. The zero-order valence-corrected chi connectivity index (χ0v) is 14.6. The van der Waals surface area contributed by atoms with Crippen LogP contribution in [0.15, 0.2) is 30.3 Å². The van der Waals surface area contributed by atoms with Gasteiger partial charge < -0.3 is 9.84 Å². The Morgan fingerprint density at radius 3 is 2.09 bits per heavy atom. The number of phenolic OH excluding ortho intramolecular Hbond substituents is 1. The molecule has 0 fully saturated rings. The molecule has 0 saturated heterocycles. The molecule has 1 aliphatic carbocycles. The number of ether oxygens (including phenoxy) is 1. The van der Waals surface area contributed by atoms with E-state index < -0.39 is 0 Å². The van der Waals surface area contributed by atoms with E-state index in [1.54, 1.807) is 7.11 Å². The van der Waals surface area contributed by atoms with Crippen LogP contribution < -0.4 is 4.74 Å². The molecule has 2 aromatic rings. The van der Waals surface area contributed by atoms with E-state index in [1.807, 2.05) is 12.1 Å². The van der Waals surface area contributed by atoms with Crippen LogP contribution in [0.5, 0.6) is 11.5 Å². The molecular formula is C21H26O2. The second-order valence-electron chi connectivity index (χ2n) is 7.54. The molecule has 0 atom stereocenters. The highest BCUT2D eigenvalue weighted by Gasteiger charge is 2.20. The van der Waals surface area contributed by atoms with Gasteiger partial charge >= 0.3 is 0 Å². The van der Waals surface area contributed by atoms with Crippen LogP contribution in [-0.4, -0.2) is 12.2 Å². The molecule has 2 nitrogen and oxygen atoms in total. The van der Waals surface area contributed by atoms with Crippen molar-refractivity contribution < 1.29 is 9.84 Å². The quantitative estimate of drug-likeness (QED) is 0.835. The minimum atomic E-state index is 0.121. The van der Waals surface area contributed by atoms with Crippen LogP contribution >= 0.6 is 0 Å². The van der Waals surface area contributed by atoms with E-state index in [0.717, 1.165) is 37.0 Å². The number of phenols is 1. The number of benzene rings is 2. The van der Waals surface area contributed by atoms with Crippen molar-refractivity contribution in [3.8, 4) is 11.5 Å². The predicted octanol–water partition coefficient (Wildman–Crippen LogP) is 4.58. The SMILES string of the molecule is COc1c2cc(C(C)(C)C)cc1CCc1cc(ccc1O)CC2. The summed E-state index contributed by atoms with van der Waals surface area (Å²) in [5.41, 5.74) is 6.35. The molecule has 0 unspecified atom stereocenters. The molecule has 3 rings (SSSR count). The Balaban J connectivity index is 2.10. The molecule has 23 heavy (non-hydrogen) atoms. The average Bonchev–Trinajstić information content (AvgIpc) is 2.50. The largest absolute Gasteiger partial charge is 0.508 e. The summed E-state index contributed by atoms with van der Waals surface area (Å²) in [6.45, 7) is 6.76. The first-order valence-corrected chi connectivity index (χ1v) is 8.39. The van der Waals surface area contributed by atoms with Gasteiger partial charge in [0.1, 0.15) is 11.5 Å². The van der Waals surface area contributed by atoms with E-state index in [9.17, 15) is 5.11 Å². The van der Waals surface area contributed by atoms with Gasteiger partial charge in [-0.15, -0.1) is 0 Å². The second kappa shape index (κ2) is 5.92.